The highest BCUT2D eigenvalue weighted by Crippen LogP contribution is 2.26. The minimum Gasteiger partial charge on any atom is -0.398 e. The topological polar surface area (TPSA) is 72.2 Å². The number of rotatable bonds is 5. The zero-order valence-corrected chi connectivity index (χ0v) is 12.3. The van der Waals surface area contributed by atoms with Gasteiger partial charge < -0.3 is 5.73 Å². The van der Waals surface area contributed by atoms with E-state index in [9.17, 15) is 12.8 Å². The quantitative estimate of drug-likeness (QED) is 0.821. The number of halogens is 1. The first kappa shape index (κ1) is 15.3. The van der Waals surface area contributed by atoms with Crippen molar-refractivity contribution in [3.05, 3.63) is 24.0 Å². The third-order valence-corrected chi connectivity index (χ3v) is 5.39. The zero-order valence-electron chi connectivity index (χ0n) is 11.4. The first-order valence-electron chi connectivity index (χ1n) is 7.04. The highest BCUT2D eigenvalue weighted by Gasteiger charge is 2.22. The molecule has 1 fully saturated rings. The van der Waals surface area contributed by atoms with Gasteiger partial charge in [-0.3, -0.25) is 0 Å². The summed E-state index contributed by atoms with van der Waals surface area (Å²) < 4.78 is 40.3. The summed E-state index contributed by atoms with van der Waals surface area (Å²) in [5, 5.41) is 0. The summed E-state index contributed by atoms with van der Waals surface area (Å²) in [4.78, 5) is -0.441. The Morgan fingerprint density at radius 1 is 1.25 bits per heavy atom. The number of nitrogens with one attached hydrogen (secondary N) is 1. The van der Waals surface area contributed by atoms with E-state index in [1.807, 2.05) is 0 Å². The van der Waals surface area contributed by atoms with Crippen LogP contribution in [0.4, 0.5) is 10.1 Å². The summed E-state index contributed by atoms with van der Waals surface area (Å²) in [6.45, 7) is 0.334. The van der Waals surface area contributed by atoms with Gasteiger partial charge in [0.05, 0.1) is 5.69 Å². The van der Waals surface area contributed by atoms with Gasteiger partial charge in [-0.1, -0.05) is 38.2 Å². The second-order valence-corrected chi connectivity index (χ2v) is 7.05. The lowest BCUT2D eigenvalue weighted by atomic mass is 9.87. The van der Waals surface area contributed by atoms with E-state index in [1.165, 1.54) is 31.4 Å². The summed E-state index contributed by atoms with van der Waals surface area (Å²) in [6.07, 6.45) is 6.82. The normalized spacial score (nSPS) is 17.2. The molecule has 0 unspecified atom stereocenters. The molecule has 1 aromatic rings. The van der Waals surface area contributed by atoms with Gasteiger partial charge in [0.2, 0.25) is 10.0 Å². The van der Waals surface area contributed by atoms with Gasteiger partial charge in [-0.25, -0.2) is 17.5 Å². The van der Waals surface area contributed by atoms with Crippen LogP contribution in [0.25, 0.3) is 0 Å². The van der Waals surface area contributed by atoms with Gasteiger partial charge in [0.1, 0.15) is 10.7 Å². The number of hydrogen-bond donors (Lipinski definition) is 2. The zero-order chi connectivity index (χ0) is 14.6. The molecule has 0 aromatic heterocycles. The molecule has 0 saturated heterocycles. The van der Waals surface area contributed by atoms with Gasteiger partial charge in [-0.2, -0.15) is 0 Å². The number of nitrogens with two attached hydrogens (primary N) is 1. The van der Waals surface area contributed by atoms with E-state index in [-0.39, 0.29) is 5.69 Å². The summed E-state index contributed by atoms with van der Waals surface area (Å²) in [5.41, 5.74) is 5.50. The molecule has 3 N–H and O–H groups in total. The van der Waals surface area contributed by atoms with Crippen molar-refractivity contribution in [2.24, 2.45) is 5.92 Å². The van der Waals surface area contributed by atoms with Crippen molar-refractivity contribution >= 4 is 15.7 Å². The molecule has 6 heteroatoms. The number of anilines is 1. The van der Waals surface area contributed by atoms with Crippen molar-refractivity contribution in [3.63, 3.8) is 0 Å². The van der Waals surface area contributed by atoms with Gasteiger partial charge in [0.15, 0.2) is 0 Å². The maximum absolute atomic E-state index is 13.6. The van der Waals surface area contributed by atoms with Crippen molar-refractivity contribution in [1.29, 1.82) is 0 Å². The molecule has 112 valence electrons. The van der Waals surface area contributed by atoms with Crippen molar-refractivity contribution in [2.75, 3.05) is 12.3 Å². The van der Waals surface area contributed by atoms with Crippen LogP contribution in [0.1, 0.15) is 38.5 Å². The van der Waals surface area contributed by atoms with Crippen molar-refractivity contribution < 1.29 is 12.8 Å². The van der Waals surface area contributed by atoms with Gasteiger partial charge in [-0.15, -0.1) is 0 Å². The van der Waals surface area contributed by atoms with Crippen molar-refractivity contribution in [3.8, 4) is 0 Å². The molecule has 0 radical (unpaired) electrons. The van der Waals surface area contributed by atoms with E-state index in [2.05, 4.69) is 4.72 Å². The maximum atomic E-state index is 13.6. The molecule has 4 nitrogen and oxygen atoms in total. The Kier molecular flexibility index (Phi) is 4.99. The molecular weight excluding hydrogens is 279 g/mol. The fourth-order valence-electron chi connectivity index (χ4n) is 2.75. The van der Waals surface area contributed by atoms with Crippen LogP contribution in [0.15, 0.2) is 23.1 Å². The van der Waals surface area contributed by atoms with Crippen LogP contribution >= 0.6 is 0 Å². The van der Waals surface area contributed by atoms with Crippen LogP contribution in [-0.2, 0) is 10.0 Å². The summed E-state index contributed by atoms with van der Waals surface area (Å²) >= 11 is 0. The minimum absolute atomic E-state index is 0.0600. The Hall–Kier alpha value is -1.14. The van der Waals surface area contributed by atoms with Gasteiger partial charge in [-0.05, 0) is 24.5 Å². The van der Waals surface area contributed by atoms with Gasteiger partial charge >= 0.3 is 0 Å². The molecule has 0 atom stereocenters. The maximum Gasteiger partial charge on any atom is 0.245 e. The monoisotopic (exact) mass is 300 g/mol. The second-order valence-electron chi connectivity index (χ2n) is 5.35. The van der Waals surface area contributed by atoms with Gasteiger partial charge in [0.25, 0.3) is 0 Å². The number of hydrogen-bond acceptors (Lipinski definition) is 3. The molecule has 1 saturated carbocycles. The third kappa shape index (κ3) is 3.70. The van der Waals surface area contributed by atoms with Crippen LogP contribution in [0.3, 0.4) is 0 Å². The molecule has 0 amide bonds. The van der Waals surface area contributed by atoms with E-state index < -0.39 is 20.7 Å². The highest BCUT2D eigenvalue weighted by molar-refractivity contribution is 7.89. The predicted octanol–water partition coefficient (Wildman–Crippen LogP) is 2.66. The molecule has 20 heavy (non-hydrogen) atoms. The molecule has 0 heterocycles. The molecule has 2 rings (SSSR count). The summed E-state index contributed by atoms with van der Waals surface area (Å²) in [5.74, 6) is -0.236. The Labute approximate surface area is 119 Å². The molecule has 0 bridgehead atoms. The number of benzene rings is 1. The Morgan fingerprint density at radius 2 is 1.95 bits per heavy atom. The first-order chi connectivity index (χ1) is 9.50. The molecule has 1 aliphatic carbocycles. The average molecular weight is 300 g/mol. The highest BCUT2D eigenvalue weighted by atomic mass is 32.2. The fourth-order valence-corrected chi connectivity index (χ4v) is 3.99. The van der Waals surface area contributed by atoms with Crippen LogP contribution in [-0.4, -0.2) is 15.0 Å². The van der Waals surface area contributed by atoms with Crippen LogP contribution < -0.4 is 10.5 Å². The lowest BCUT2D eigenvalue weighted by Gasteiger charge is -2.21. The lowest BCUT2D eigenvalue weighted by molar-refractivity contribution is 0.339. The third-order valence-electron chi connectivity index (χ3n) is 3.84. The Bertz CT molecular complexity index is 534. The summed E-state index contributed by atoms with van der Waals surface area (Å²) in [6, 6.07) is 3.89. The largest absolute Gasteiger partial charge is 0.398 e. The summed E-state index contributed by atoms with van der Waals surface area (Å²) in [7, 11) is -3.87. The Balaban J connectivity index is 1.97. The average Bonchev–Trinajstić information content (AvgIpc) is 2.39. The van der Waals surface area contributed by atoms with Crippen molar-refractivity contribution in [1.82, 2.24) is 4.72 Å². The van der Waals surface area contributed by atoms with E-state index in [0.717, 1.165) is 25.3 Å². The van der Waals surface area contributed by atoms with E-state index in [4.69, 9.17) is 5.73 Å². The smallest absolute Gasteiger partial charge is 0.245 e. The van der Waals surface area contributed by atoms with Crippen LogP contribution in [0.2, 0.25) is 0 Å². The predicted molar refractivity (Wildman–Crippen MR) is 77.2 cm³/mol. The standard InChI is InChI=1S/C14H21FN2O2S/c15-12-7-4-8-13(16)14(12)20(18,19)17-10-9-11-5-2-1-3-6-11/h4,7-8,11,17H,1-3,5-6,9-10,16H2. The fraction of sp³-hybridized carbons (Fsp3) is 0.571. The van der Waals surface area contributed by atoms with E-state index in [1.54, 1.807) is 0 Å². The van der Waals surface area contributed by atoms with Gasteiger partial charge in [0, 0.05) is 6.54 Å². The second kappa shape index (κ2) is 6.54. The van der Waals surface area contributed by atoms with E-state index in [0.29, 0.717) is 12.5 Å². The molecule has 0 spiro atoms. The van der Waals surface area contributed by atoms with E-state index >= 15 is 0 Å². The Morgan fingerprint density at radius 3 is 2.60 bits per heavy atom. The van der Waals surface area contributed by atoms with Crippen molar-refractivity contribution in [2.45, 2.75) is 43.4 Å². The molecule has 0 aliphatic heterocycles. The number of sulfonamides is 1. The van der Waals surface area contributed by atoms with Crippen LogP contribution in [0, 0.1) is 11.7 Å². The first-order valence-corrected chi connectivity index (χ1v) is 8.52. The van der Waals surface area contributed by atoms with Crippen LogP contribution in [0.5, 0.6) is 0 Å². The lowest BCUT2D eigenvalue weighted by Crippen LogP contribution is -2.28. The SMILES string of the molecule is Nc1cccc(F)c1S(=O)(=O)NCCC1CCCCC1. The minimum atomic E-state index is -3.87. The molecule has 1 aromatic carbocycles. The molecule has 1 aliphatic rings. The molecular formula is C14H21FN2O2S. The number of nitrogen functional groups attached to an aromatic ring is 1.